The lowest BCUT2D eigenvalue weighted by Crippen LogP contribution is -2.46. The Kier molecular flexibility index (Phi) is 12.6. The molecule has 176 valence electrons. The third kappa shape index (κ3) is 12.2. The van der Waals surface area contributed by atoms with Gasteiger partial charge in [0.1, 0.15) is 13.1 Å². The number of nitrogens with one attached hydrogen (secondary N) is 3. The van der Waals surface area contributed by atoms with Crippen LogP contribution < -0.4 is 16.0 Å². The van der Waals surface area contributed by atoms with Gasteiger partial charge in [0, 0.05) is 6.54 Å². The van der Waals surface area contributed by atoms with Crippen LogP contribution in [0, 0.1) is 0 Å². The fourth-order valence-electron chi connectivity index (χ4n) is 2.42. The Morgan fingerprint density at radius 1 is 0.906 bits per heavy atom. The first kappa shape index (κ1) is 26.4. The van der Waals surface area contributed by atoms with Gasteiger partial charge in [-0.15, -0.1) is 0 Å². The third-order valence-corrected chi connectivity index (χ3v) is 4.16. The lowest BCUT2D eigenvalue weighted by molar-refractivity contribution is -0.137. The highest BCUT2D eigenvalue weighted by molar-refractivity contribution is 5.90. The van der Waals surface area contributed by atoms with Gasteiger partial charge in [0.2, 0.25) is 17.7 Å². The molecule has 1 aromatic rings. The molecule has 0 aliphatic heterocycles. The van der Waals surface area contributed by atoms with Gasteiger partial charge in [-0.2, -0.15) is 0 Å². The first-order valence-corrected chi connectivity index (χ1v) is 10.3. The summed E-state index contributed by atoms with van der Waals surface area (Å²) in [7, 11) is 0. The Balaban J connectivity index is 2.47. The van der Waals surface area contributed by atoms with Crippen molar-refractivity contribution in [3.63, 3.8) is 0 Å². The Bertz CT molecular complexity index is 771. The van der Waals surface area contributed by atoms with Crippen LogP contribution in [-0.2, 0) is 30.3 Å². The topological polar surface area (TPSA) is 154 Å². The number of benzene rings is 1. The highest BCUT2D eigenvalue weighted by Gasteiger charge is 2.19. The van der Waals surface area contributed by atoms with E-state index in [1.54, 1.807) is 0 Å². The Labute approximate surface area is 186 Å². The summed E-state index contributed by atoms with van der Waals surface area (Å²) in [5, 5.41) is 15.2. The minimum atomic E-state index is -1.21. The number of hydrogen-bond donors (Lipinski definition) is 4. The van der Waals surface area contributed by atoms with Crippen molar-refractivity contribution in [3.05, 3.63) is 35.9 Å². The van der Waals surface area contributed by atoms with Gasteiger partial charge < -0.3 is 25.8 Å². The van der Waals surface area contributed by atoms with E-state index in [0.717, 1.165) is 12.0 Å². The number of hydrogen-bond acceptors (Lipinski definition) is 6. The monoisotopic (exact) mass is 450 g/mol. The van der Waals surface area contributed by atoms with Crippen LogP contribution in [-0.4, -0.2) is 79.1 Å². The average Bonchev–Trinajstić information content (AvgIpc) is 2.78. The van der Waals surface area contributed by atoms with E-state index in [4.69, 9.17) is 9.84 Å². The number of amides is 4. The molecule has 0 fully saturated rings. The molecule has 0 aliphatic rings. The van der Waals surface area contributed by atoms with Crippen molar-refractivity contribution >= 4 is 29.8 Å². The normalized spacial score (nSPS) is 10.0. The van der Waals surface area contributed by atoms with Crippen LogP contribution in [0.15, 0.2) is 30.3 Å². The molecule has 0 unspecified atom stereocenters. The third-order valence-electron chi connectivity index (χ3n) is 4.16. The minimum Gasteiger partial charge on any atom is -0.480 e. The molecule has 4 amide bonds. The average molecular weight is 450 g/mol. The number of ether oxygens (including phenoxy) is 1. The second-order valence-electron chi connectivity index (χ2n) is 6.85. The lowest BCUT2D eigenvalue weighted by Gasteiger charge is -2.21. The maximum atomic E-state index is 12.4. The molecule has 0 bridgehead atoms. The zero-order chi connectivity index (χ0) is 23.8. The van der Waals surface area contributed by atoms with Crippen molar-refractivity contribution in [2.75, 3.05) is 39.3 Å². The van der Waals surface area contributed by atoms with Gasteiger partial charge in [0.15, 0.2) is 0 Å². The molecule has 0 aromatic heterocycles. The van der Waals surface area contributed by atoms with Gasteiger partial charge in [-0.3, -0.25) is 24.1 Å². The van der Waals surface area contributed by atoms with Crippen molar-refractivity contribution in [1.82, 2.24) is 20.9 Å². The summed E-state index contributed by atoms with van der Waals surface area (Å²) in [5.41, 5.74) is 1.000. The number of rotatable bonds is 14. The zero-order valence-corrected chi connectivity index (χ0v) is 18.1. The van der Waals surface area contributed by atoms with Crippen molar-refractivity contribution < 1.29 is 33.8 Å². The molecule has 1 rings (SSSR count). The first-order valence-electron chi connectivity index (χ1n) is 10.3. The number of carbonyl (C=O) groups is 5. The van der Waals surface area contributed by atoms with E-state index in [-0.39, 0.29) is 19.7 Å². The summed E-state index contributed by atoms with van der Waals surface area (Å²) in [6, 6.07) is 9.47. The second kappa shape index (κ2) is 15.2. The molecule has 11 nitrogen and oxygen atoms in total. The number of carbonyl (C=O) groups excluding carboxylic acids is 4. The molecular formula is C21H30N4O7. The van der Waals surface area contributed by atoms with Crippen molar-refractivity contribution in [1.29, 1.82) is 0 Å². The predicted molar refractivity (Wildman–Crippen MR) is 115 cm³/mol. The first-order chi connectivity index (χ1) is 15.3. The molecule has 0 saturated heterocycles. The standard InChI is InChI=1S/C21H30N4O7/c1-2-3-11-32-21(31)25(10-9-16-7-5-4-6-8-16)15-19(28)23-13-17(26)22-12-18(27)24-14-20(29)30/h4-8H,2-3,9-15H2,1H3,(H,22,26)(H,23,28)(H,24,27)(H,29,30). The fourth-order valence-corrected chi connectivity index (χ4v) is 2.42. The molecule has 0 spiro atoms. The van der Waals surface area contributed by atoms with E-state index in [2.05, 4.69) is 16.0 Å². The molecule has 0 aliphatic carbocycles. The largest absolute Gasteiger partial charge is 0.480 e. The van der Waals surface area contributed by atoms with Crippen LogP contribution in [0.3, 0.4) is 0 Å². The number of carboxylic acids is 1. The molecule has 0 radical (unpaired) electrons. The van der Waals surface area contributed by atoms with Gasteiger partial charge in [-0.05, 0) is 18.4 Å². The Hall–Kier alpha value is -3.63. The molecular weight excluding hydrogens is 420 g/mol. The molecule has 0 heterocycles. The van der Waals surface area contributed by atoms with Crippen LogP contribution in [0.25, 0.3) is 0 Å². The maximum Gasteiger partial charge on any atom is 0.410 e. The molecule has 0 saturated carbocycles. The SMILES string of the molecule is CCCCOC(=O)N(CCc1ccccc1)CC(=O)NCC(=O)NCC(=O)NCC(=O)O. The second-order valence-corrected chi connectivity index (χ2v) is 6.85. The summed E-state index contributed by atoms with van der Waals surface area (Å²) in [6.07, 6.45) is 1.50. The van der Waals surface area contributed by atoms with Crippen LogP contribution in [0.5, 0.6) is 0 Å². The molecule has 0 atom stereocenters. The van der Waals surface area contributed by atoms with Gasteiger partial charge in [-0.25, -0.2) is 4.79 Å². The van der Waals surface area contributed by atoms with Gasteiger partial charge in [0.25, 0.3) is 0 Å². The molecule has 4 N–H and O–H groups in total. The number of nitrogens with zero attached hydrogens (tertiary/aromatic N) is 1. The molecule has 1 aromatic carbocycles. The van der Waals surface area contributed by atoms with E-state index in [0.29, 0.717) is 12.8 Å². The quantitative estimate of drug-likeness (QED) is 0.289. The zero-order valence-electron chi connectivity index (χ0n) is 18.1. The van der Waals surface area contributed by atoms with E-state index in [1.165, 1.54) is 4.90 Å². The van der Waals surface area contributed by atoms with E-state index < -0.39 is 49.4 Å². The number of carboxylic acid groups (broad SMARTS) is 1. The Morgan fingerprint density at radius 2 is 1.50 bits per heavy atom. The number of aliphatic carboxylic acids is 1. The van der Waals surface area contributed by atoms with Crippen LogP contribution in [0.2, 0.25) is 0 Å². The van der Waals surface area contributed by atoms with Crippen LogP contribution in [0.4, 0.5) is 4.79 Å². The summed E-state index contributed by atoms with van der Waals surface area (Å²) < 4.78 is 5.21. The highest BCUT2D eigenvalue weighted by atomic mass is 16.6. The van der Waals surface area contributed by atoms with E-state index in [9.17, 15) is 24.0 Å². The fraction of sp³-hybridized carbons (Fsp3) is 0.476. The van der Waals surface area contributed by atoms with E-state index in [1.807, 2.05) is 37.3 Å². The number of unbranched alkanes of at least 4 members (excludes halogenated alkanes) is 1. The van der Waals surface area contributed by atoms with Gasteiger partial charge in [0.05, 0.1) is 19.7 Å². The predicted octanol–water partition coefficient (Wildman–Crippen LogP) is -0.0990. The summed E-state index contributed by atoms with van der Waals surface area (Å²) in [6.45, 7) is 0.818. The van der Waals surface area contributed by atoms with Gasteiger partial charge >= 0.3 is 12.1 Å². The van der Waals surface area contributed by atoms with Crippen molar-refractivity contribution in [3.8, 4) is 0 Å². The minimum absolute atomic E-state index is 0.255. The summed E-state index contributed by atoms with van der Waals surface area (Å²) in [5.74, 6) is -3.07. The highest BCUT2D eigenvalue weighted by Crippen LogP contribution is 2.04. The smallest absolute Gasteiger partial charge is 0.410 e. The lowest BCUT2D eigenvalue weighted by atomic mass is 10.1. The van der Waals surface area contributed by atoms with Crippen molar-refractivity contribution in [2.45, 2.75) is 26.2 Å². The molecule has 11 heteroatoms. The summed E-state index contributed by atoms with van der Waals surface area (Å²) in [4.78, 5) is 59.4. The summed E-state index contributed by atoms with van der Waals surface area (Å²) >= 11 is 0. The molecule has 32 heavy (non-hydrogen) atoms. The van der Waals surface area contributed by atoms with Gasteiger partial charge in [-0.1, -0.05) is 43.7 Å². The van der Waals surface area contributed by atoms with E-state index >= 15 is 0 Å². The van der Waals surface area contributed by atoms with Crippen molar-refractivity contribution in [2.24, 2.45) is 0 Å². The maximum absolute atomic E-state index is 12.4. The van der Waals surface area contributed by atoms with Crippen LogP contribution in [0.1, 0.15) is 25.3 Å². The Morgan fingerprint density at radius 3 is 2.09 bits per heavy atom. The van der Waals surface area contributed by atoms with Crippen LogP contribution >= 0.6 is 0 Å².